The Labute approximate surface area is 152 Å². The summed E-state index contributed by atoms with van der Waals surface area (Å²) in [6.07, 6.45) is 0. The predicted molar refractivity (Wildman–Crippen MR) is 96.1 cm³/mol. The number of thioether (sulfide) groups is 1. The summed E-state index contributed by atoms with van der Waals surface area (Å²) in [4.78, 5) is 0. The van der Waals surface area contributed by atoms with Gasteiger partial charge in [0.15, 0.2) is 0 Å². The van der Waals surface area contributed by atoms with Gasteiger partial charge in [-0.1, -0.05) is 27.7 Å². The van der Waals surface area contributed by atoms with Crippen molar-refractivity contribution in [2.24, 2.45) is 0 Å². The van der Waals surface area contributed by atoms with Crippen LogP contribution in [-0.4, -0.2) is 39.7 Å². The highest BCUT2D eigenvalue weighted by Crippen LogP contribution is 2.21. The van der Waals surface area contributed by atoms with Crippen molar-refractivity contribution in [2.45, 2.75) is 5.16 Å². The predicted octanol–water partition coefficient (Wildman–Crippen LogP) is 3.60. The van der Waals surface area contributed by atoms with Crippen LogP contribution in [0.25, 0.3) is 5.69 Å². The smallest absolute Gasteiger partial charge is 0.214 e. The van der Waals surface area contributed by atoms with Crippen LogP contribution < -0.4 is 9.47 Å². The molecule has 3 rings (SSSR count). The molecule has 6 nitrogen and oxygen atoms in total. The fourth-order valence-corrected chi connectivity index (χ4v) is 2.95. The molecule has 0 radical (unpaired) electrons. The van der Waals surface area contributed by atoms with Gasteiger partial charge in [-0.05, 0) is 59.0 Å². The highest BCUT2D eigenvalue weighted by Gasteiger charge is 2.09. The quantitative estimate of drug-likeness (QED) is 0.441. The summed E-state index contributed by atoms with van der Waals surface area (Å²) >= 11 is 4.94. The second-order valence-corrected chi connectivity index (χ2v) is 6.70. The maximum absolute atomic E-state index is 5.70. The Balaban J connectivity index is 1.56. The van der Waals surface area contributed by atoms with Crippen LogP contribution in [0, 0.1) is 0 Å². The summed E-state index contributed by atoms with van der Waals surface area (Å²) < 4.78 is 13.6. The van der Waals surface area contributed by atoms with E-state index in [1.54, 1.807) is 23.6 Å². The monoisotopic (exact) mass is 406 g/mol. The van der Waals surface area contributed by atoms with Crippen LogP contribution in [0.1, 0.15) is 0 Å². The van der Waals surface area contributed by atoms with Gasteiger partial charge in [0.05, 0.1) is 19.4 Å². The summed E-state index contributed by atoms with van der Waals surface area (Å²) in [6, 6.07) is 15.3. The molecule has 0 aliphatic carbocycles. The molecular weight excluding hydrogens is 392 g/mol. The fraction of sp³-hybridized carbons (Fsp3) is 0.188. The molecule has 0 saturated carbocycles. The van der Waals surface area contributed by atoms with Gasteiger partial charge in [-0.3, -0.25) is 0 Å². The van der Waals surface area contributed by atoms with E-state index in [0.29, 0.717) is 6.61 Å². The van der Waals surface area contributed by atoms with E-state index >= 15 is 0 Å². The number of hydrogen-bond acceptors (Lipinski definition) is 6. The van der Waals surface area contributed by atoms with E-state index < -0.39 is 0 Å². The van der Waals surface area contributed by atoms with Crippen LogP contribution in [0.4, 0.5) is 0 Å². The molecule has 124 valence electrons. The molecule has 1 heterocycles. The highest BCUT2D eigenvalue weighted by molar-refractivity contribution is 9.10. The fourth-order valence-electron chi connectivity index (χ4n) is 1.98. The number of halogens is 1. The van der Waals surface area contributed by atoms with Crippen molar-refractivity contribution in [2.75, 3.05) is 19.5 Å². The Morgan fingerprint density at radius 3 is 2.46 bits per heavy atom. The first-order valence-electron chi connectivity index (χ1n) is 7.20. The van der Waals surface area contributed by atoms with Crippen LogP contribution >= 0.6 is 27.7 Å². The number of ether oxygens (including phenoxy) is 2. The average Bonchev–Trinajstić information content (AvgIpc) is 3.09. The molecule has 3 aromatic rings. The van der Waals surface area contributed by atoms with Gasteiger partial charge in [0.2, 0.25) is 5.16 Å². The molecule has 0 fully saturated rings. The van der Waals surface area contributed by atoms with Crippen molar-refractivity contribution < 1.29 is 9.47 Å². The largest absolute Gasteiger partial charge is 0.497 e. The molecule has 2 aromatic carbocycles. The molecule has 0 aliphatic heterocycles. The molecule has 0 saturated heterocycles. The standard InChI is InChI=1S/C16H15BrN4O2S/c1-22-14-8-4-13(5-9-14)21-16(18-19-20-21)24-11-10-23-15-6-2-12(17)3-7-15/h2-9H,10-11H2,1H3. The molecule has 0 aliphatic rings. The molecule has 8 heteroatoms. The van der Waals surface area contributed by atoms with Gasteiger partial charge in [-0.2, -0.15) is 4.68 Å². The molecule has 0 unspecified atom stereocenters. The van der Waals surface area contributed by atoms with Crippen molar-refractivity contribution in [3.05, 3.63) is 53.0 Å². The van der Waals surface area contributed by atoms with Crippen molar-refractivity contribution in [1.82, 2.24) is 20.2 Å². The lowest BCUT2D eigenvalue weighted by Gasteiger charge is -2.07. The van der Waals surface area contributed by atoms with Crippen LogP contribution in [0.5, 0.6) is 11.5 Å². The lowest BCUT2D eigenvalue weighted by molar-refractivity contribution is 0.344. The first-order valence-corrected chi connectivity index (χ1v) is 8.98. The number of nitrogens with zero attached hydrogens (tertiary/aromatic N) is 4. The topological polar surface area (TPSA) is 62.1 Å². The molecule has 24 heavy (non-hydrogen) atoms. The van der Waals surface area contributed by atoms with Gasteiger partial charge in [-0.25, -0.2) is 0 Å². The summed E-state index contributed by atoms with van der Waals surface area (Å²) in [5, 5.41) is 12.6. The summed E-state index contributed by atoms with van der Waals surface area (Å²) in [5.74, 6) is 2.38. The summed E-state index contributed by atoms with van der Waals surface area (Å²) in [5.41, 5.74) is 0.886. The highest BCUT2D eigenvalue weighted by atomic mass is 79.9. The number of tetrazole rings is 1. The minimum Gasteiger partial charge on any atom is -0.497 e. The average molecular weight is 407 g/mol. The third-order valence-corrected chi connectivity index (χ3v) is 4.57. The Kier molecular flexibility index (Phi) is 5.71. The first kappa shape index (κ1) is 16.8. The Bertz CT molecular complexity index is 778. The van der Waals surface area contributed by atoms with Gasteiger partial charge in [0.25, 0.3) is 0 Å². The van der Waals surface area contributed by atoms with Crippen LogP contribution in [0.3, 0.4) is 0 Å². The van der Waals surface area contributed by atoms with Gasteiger partial charge < -0.3 is 9.47 Å². The number of aromatic nitrogens is 4. The molecular formula is C16H15BrN4O2S. The number of rotatable bonds is 7. The van der Waals surface area contributed by atoms with E-state index in [2.05, 4.69) is 31.5 Å². The van der Waals surface area contributed by atoms with E-state index in [4.69, 9.17) is 9.47 Å². The molecule has 0 amide bonds. The Hall–Kier alpha value is -2.06. The van der Waals surface area contributed by atoms with E-state index in [-0.39, 0.29) is 0 Å². The summed E-state index contributed by atoms with van der Waals surface area (Å²) in [7, 11) is 1.64. The third-order valence-electron chi connectivity index (χ3n) is 3.15. The number of methoxy groups -OCH3 is 1. The lowest BCUT2D eigenvalue weighted by Crippen LogP contribution is -2.03. The normalized spacial score (nSPS) is 10.6. The van der Waals surface area contributed by atoms with E-state index in [9.17, 15) is 0 Å². The van der Waals surface area contributed by atoms with Gasteiger partial charge in [0.1, 0.15) is 11.5 Å². The van der Waals surface area contributed by atoms with E-state index in [0.717, 1.165) is 32.6 Å². The zero-order valence-electron chi connectivity index (χ0n) is 12.9. The third kappa shape index (κ3) is 4.27. The van der Waals surface area contributed by atoms with Gasteiger partial charge in [0, 0.05) is 10.2 Å². The van der Waals surface area contributed by atoms with Crippen molar-refractivity contribution in [3.63, 3.8) is 0 Å². The van der Waals surface area contributed by atoms with Crippen molar-refractivity contribution >= 4 is 27.7 Å². The Morgan fingerprint density at radius 2 is 1.75 bits per heavy atom. The van der Waals surface area contributed by atoms with Gasteiger partial charge in [-0.15, -0.1) is 5.10 Å². The minimum atomic E-state index is 0.571. The van der Waals surface area contributed by atoms with Crippen LogP contribution in [0.2, 0.25) is 0 Å². The molecule has 0 spiro atoms. The maximum Gasteiger partial charge on any atom is 0.214 e. The summed E-state index contributed by atoms with van der Waals surface area (Å²) in [6.45, 7) is 0.571. The molecule has 1 aromatic heterocycles. The van der Waals surface area contributed by atoms with Crippen molar-refractivity contribution in [3.8, 4) is 17.2 Å². The first-order chi connectivity index (χ1) is 11.8. The van der Waals surface area contributed by atoms with Crippen LogP contribution in [0.15, 0.2) is 58.2 Å². The number of hydrogen-bond donors (Lipinski definition) is 0. The SMILES string of the molecule is COc1ccc(-n2nnnc2SCCOc2ccc(Br)cc2)cc1. The Morgan fingerprint density at radius 1 is 1.04 bits per heavy atom. The van der Waals surface area contributed by atoms with E-state index in [1.165, 1.54) is 0 Å². The number of benzene rings is 2. The zero-order valence-corrected chi connectivity index (χ0v) is 15.3. The minimum absolute atomic E-state index is 0.571. The van der Waals surface area contributed by atoms with Crippen molar-refractivity contribution in [1.29, 1.82) is 0 Å². The zero-order chi connectivity index (χ0) is 16.8. The molecule has 0 N–H and O–H groups in total. The molecule has 0 atom stereocenters. The second-order valence-electron chi connectivity index (χ2n) is 4.72. The van der Waals surface area contributed by atoms with Crippen LogP contribution in [-0.2, 0) is 0 Å². The second kappa shape index (κ2) is 8.16. The van der Waals surface area contributed by atoms with Gasteiger partial charge >= 0.3 is 0 Å². The maximum atomic E-state index is 5.70. The van der Waals surface area contributed by atoms with E-state index in [1.807, 2.05) is 48.5 Å². The molecule has 0 bridgehead atoms. The lowest BCUT2D eigenvalue weighted by atomic mass is 10.3.